The lowest BCUT2D eigenvalue weighted by Crippen LogP contribution is -2.43. The Morgan fingerprint density at radius 1 is 1.21 bits per heavy atom. The number of nitrogens with zero attached hydrogens (tertiary/aromatic N) is 1. The summed E-state index contributed by atoms with van der Waals surface area (Å²) in [7, 11) is 0. The summed E-state index contributed by atoms with van der Waals surface area (Å²) in [5, 5.41) is 12.6. The van der Waals surface area contributed by atoms with Crippen LogP contribution in [0.5, 0.6) is 0 Å². The van der Waals surface area contributed by atoms with Gasteiger partial charge in [-0.1, -0.05) is 32.0 Å². The first-order chi connectivity index (χ1) is 11.3. The van der Waals surface area contributed by atoms with Gasteiger partial charge < -0.3 is 15.0 Å². The first-order valence-corrected chi connectivity index (χ1v) is 7.90. The van der Waals surface area contributed by atoms with Gasteiger partial charge in [0.1, 0.15) is 12.6 Å². The number of hydrogen-bond acceptors (Lipinski definition) is 3. The number of Topliss-reactive ketones (excluding diaryl/α,β-unsaturated/α-hetero) is 1. The van der Waals surface area contributed by atoms with Crippen molar-refractivity contribution in [3.8, 4) is 0 Å². The standard InChI is InChI=1S/C18H22N2O4/c1-11(2)8-15(18(23)24)19-17(22)10-20-9-14(12(3)21)13-6-4-5-7-16(13)20/h4-7,9,11,15H,8,10H2,1-3H3,(H,19,22)(H,23,24)/t15-/m0/s1. The molecule has 1 heterocycles. The van der Waals surface area contributed by atoms with Crippen LogP contribution in [-0.4, -0.2) is 33.4 Å². The Morgan fingerprint density at radius 2 is 1.88 bits per heavy atom. The maximum atomic E-state index is 12.3. The highest BCUT2D eigenvalue weighted by Gasteiger charge is 2.22. The van der Waals surface area contributed by atoms with E-state index in [2.05, 4.69) is 5.32 Å². The summed E-state index contributed by atoms with van der Waals surface area (Å²) in [5.74, 6) is -1.35. The second-order valence-electron chi connectivity index (χ2n) is 6.33. The van der Waals surface area contributed by atoms with Gasteiger partial charge in [0.25, 0.3) is 0 Å². The average Bonchev–Trinajstić information content (AvgIpc) is 2.85. The monoisotopic (exact) mass is 330 g/mol. The minimum atomic E-state index is -1.04. The third-order valence-electron chi connectivity index (χ3n) is 3.82. The molecule has 0 aliphatic rings. The summed E-state index contributed by atoms with van der Waals surface area (Å²) < 4.78 is 1.68. The third kappa shape index (κ3) is 4.01. The second-order valence-corrected chi connectivity index (χ2v) is 6.33. The van der Waals surface area contributed by atoms with Crippen molar-refractivity contribution in [3.05, 3.63) is 36.0 Å². The SMILES string of the molecule is CC(=O)c1cn(CC(=O)N[C@@H](CC(C)C)C(=O)O)c2ccccc12. The van der Waals surface area contributed by atoms with Crippen molar-refractivity contribution in [2.75, 3.05) is 0 Å². The number of carbonyl (C=O) groups is 3. The van der Waals surface area contributed by atoms with Crippen LogP contribution in [0.4, 0.5) is 0 Å². The van der Waals surface area contributed by atoms with Gasteiger partial charge in [-0.05, 0) is 25.3 Å². The predicted molar refractivity (Wildman–Crippen MR) is 91.0 cm³/mol. The molecule has 1 atom stereocenters. The lowest BCUT2D eigenvalue weighted by atomic mass is 10.0. The summed E-state index contributed by atoms with van der Waals surface area (Å²) in [5.41, 5.74) is 1.32. The molecular formula is C18H22N2O4. The first-order valence-electron chi connectivity index (χ1n) is 7.90. The Bertz CT molecular complexity index is 776. The Labute approximate surface area is 140 Å². The number of carboxylic acids is 1. The fourth-order valence-electron chi connectivity index (χ4n) is 2.75. The molecule has 2 N–H and O–H groups in total. The van der Waals surface area contributed by atoms with Crippen LogP contribution in [0.1, 0.15) is 37.6 Å². The fraction of sp³-hybridized carbons (Fsp3) is 0.389. The molecular weight excluding hydrogens is 308 g/mol. The Balaban J connectivity index is 2.21. The van der Waals surface area contributed by atoms with Crippen molar-refractivity contribution in [1.82, 2.24) is 9.88 Å². The maximum Gasteiger partial charge on any atom is 0.326 e. The van der Waals surface area contributed by atoms with Crippen molar-refractivity contribution < 1.29 is 19.5 Å². The fourth-order valence-corrected chi connectivity index (χ4v) is 2.75. The van der Waals surface area contributed by atoms with Crippen LogP contribution in [0.15, 0.2) is 30.5 Å². The zero-order valence-electron chi connectivity index (χ0n) is 14.1. The number of carbonyl (C=O) groups excluding carboxylic acids is 2. The van der Waals surface area contributed by atoms with Crippen molar-refractivity contribution >= 4 is 28.6 Å². The summed E-state index contributed by atoms with van der Waals surface area (Å²) >= 11 is 0. The molecule has 0 bridgehead atoms. The van der Waals surface area contributed by atoms with Crippen LogP contribution in [0.2, 0.25) is 0 Å². The van der Waals surface area contributed by atoms with E-state index in [1.54, 1.807) is 10.8 Å². The van der Waals surface area contributed by atoms with Gasteiger partial charge in [0.2, 0.25) is 5.91 Å². The van der Waals surface area contributed by atoms with Gasteiger partial charge >= 0.3 is 5.97 Å². The van der Waals surface area contributed by atoms with Crippen LogP contribution in [0.25, 0.3) is 10.9 Å². The van der Waals surface area contributed by atoms with Gasteiger partial charge in [0.05, 0.1) is 0 Å². The molecule has 2 rings (SSSR count). The van der Waals surface area contributed by atoms with Crippen molar-refractivity contribution in [2.45, 2.75) is 39.8 Å². The number of aromatic nitrogens is 1. The number of rotatable bonds is 7. The van der Waals surface area contributed by atoms with Gasteiger partial charge in [0.15, 0.2) is 5.78 Å². The highest BCUT2D eigenvalue weighted by atomic mass is 16.4. The maximum absolute atomic E-state index is 12.3. The van der Waals surface area contributed by atoms with Crippen molar-refractivity contribution in [2.24, 2.45) is 5.92 Å². The van der Waals surface area contributed by atoms with E-state index in [1.165, 1.54) is 6.92 Å². The topological polar surface area (TPSA) is 88.4 Å². The molecule has 0 unspecified atom stereocenters. The Hall–Kier alpha value is -2.63. The molecule has 24 heavy (non-hydrogen) atoms. The summed E-state index contributed by atoms with van der Waals surface area (Å²) in [6, 6.07) is 6.42. The molecule has 0 saturated heterocycles. The highest BCUT2D eigenvalue weighted by Crippen LogP contribution is 2.21. The molecule has 0 radical (unpaired) electrons. The van der Waals surface area contributed by atoms with Gasteiger partial charge in [-0.2, -0.15) is 0 Å². The van der Waals surface area contributed by atoms with Gasteiger partial charge in [-0.25, -0.2) is 4.79 Å². The van der Waals surface area contributed by atoms with E-state index in [0.717, 1.165) is 10.9 Å². The molecule has 1 aromatic carbocycles. The quantitative estimate of drug-likeness (QED) is 0.763. The van der Waals surface area contributed by atoms with Gasteiger partial charge in [-0.15, -0.1) is 0 Å². The van der Waals surface area contributed by atoms with E-state index >= 15 is 0 Å². The molecule has 2 aromatic rings. The lowest BCUT2D eigenvalue weighted by molar-refractivity contribution is -0.142. The molecule has 1 amide bonds. The number of benzene rings is 1. The molecule has 6 nitrogen and oxygen atoms in total. The zero-order chi connectivity index (χ0) is 17.9. The summed E-state index contributed by atoms with van der Waals surface area (Å²) in [6.07, 6.45) is 2.01. The lowest BCUT2D eigenvalue weighted by Gasteiger charge is -2.16. The van der Waals surface area contributed by atoms with Crippen molar-refractivity contribution in [3.63, 3.8) is 0 Å². The first kappa shape index (κ1) is 17.7. The molecule has 128 valence electrons. The van der Waals surface area contributed by atoms with Crippen molar-refractivity contribution in [1.29, 1.82) is 0 Å². The second kappa shape index (κ2) is 7.29. The number of para-hydroxylation sites is 1. The van der Waals surface area contributed by atoms with E-state index in [4.69, 9.17) is 0 Å². The third-order valence-corrected chi connectivity index (χ3v) is 3.82. The van der Waals surface area contributed by atoms with E-state index in [9.17, 15) is 19.5 Å². The van der Waals surface area contributed by atoms with Crippen LogP contribution in [0.3, 0.4) is 0 Å². The number of ketones is 1. The van der Waals surface area contributed by atoms with Gasteiger partial charge in [0, 0.05) is 22.7 Å². The number of carboxylic acid groups (broad SMARTS) is 1. The minimum absolute atomic E-state index is 0.0321. The van der Waals surface area contributed by atoms with Crippen LogP contribution < -0.4 is 5.32 Å². The van der Waals surface area contributed by atoms with E-state index in [0.29, 0.717) is 12.0 Å². The number of fused-ring (bicyclic) bond motifs is 1. The molecule has 1 aromatic heterocycles. The molecule has 0 fully saturated rings. The number of hydrogen-bond donors (Lipinski definition) is 2. The minimum Gasteiger partial charge on any atom is -0.480 e. The average molecular weight is 330 g/mol. The molecule has 6 heteroatoms. The number of amides is 1. The van der Waals surface area contributed by atoms with Crippen LogP contribution in [-0.2, 0) is 16.1 Å². The highest BCUT2D eigenvalue weighted by molar-refractivity contribution is 6.07. The van der Waals surface area contributed by atoms with E-state index < -0.39 is 12.0 Å². The summed E-state index contributed by atoms with van der Waals surface area (Å²) in [6.45, 7) is 5.26. The number of aliphatic carboxylic acids is 1. The van der Waals surface area contributed by atoms with E-state index in [1.807, 2.05) is 38.1 Å². The Morgan fingerprint density at radius 3 is 2.46 bits per heavy atom. The molecule has 0 spiro atoms. The largest absolute Gasteiger partial charge is 0.480 e. The smallest absolute Gasteiger partial charge is 0.326 e. The van der Waals surface area contributed by atoms with Gasteiger partial charge in [-0.3, -0.25) is 9.59 Å². The normalized spacial score (nSPS) is 12.3. The molecule has 0 saturated carbocycles. The zero-order valence-corrected chi connectivity index (χ0v) is 14.1. The number of nitrogens with one attached hydrogen (secondary N) is 1. The van der Waals surface area contributed by atoms with E-state index in [-0.39, 0.29) is 24.2 Å². The van der Waals surface area contributed by atoms with Crippen LogP contribution >= 0.6 is 0 Å². The predicted octanol–water partition coefficient (Wildman–Crippen LogP) is 2.46. The molecule has 0 aliphatic heterocycles. The summed E-state index contributed by atoms with van der Waals surface area (Å²) in [4.78, 5) is 35.3. The van der Waals surface area contributed by atoms with Crippen LogP contribution in [0, 0.1) is 5.92 Å². The molecule has 0 aliphatic carbocycles. The Kier molecular flexibility index (Phi) is 5.39.